The van der Waals surface area contributed by atoms with E-state index in [4.69, 9.17) is 18.6 Å². The van der Waals surface area contributed by atoms with Gasteiger partial charge in [0.1, 0.15) is 0 Å². The zero-order chi connectivity index (χ0) is 30.7. The molecule has 2 aliphatic heterocycles. The standard InChI is InChI=1S/C36H42B2O4Si/c1-33(2)34(3,4)40-37(39-33)27-17-15-23-31(25-27)43(29-19-11-9-12-20-29,30-21-13-10-14-22-30)32-24-16-18-28(26-32)38-41-35(5,6)36(7,8)42-38/h9-26H,1-8H3. The van der Waals surface area contributed by atoms with Gasteiger partial charge in [-0.25, -0.2) is 0 Å². The van der Waals surface area contributed by atoms with E-state index in [1.807, 2.05) is 0 Å². The van der Waals surface area contributed by atoms with Gasteiger partial charge in [-0.3, -0.25) is 0 Å². The summed E-state index contributed by atoms with van der Waals surface area (Å²) < 4.78 is 26.1. The Balaban J connectivity index is 1.57. The summed E-state index contributed by atoms with van der Waals surface area (Å²) in [6, 6.07) is 39.7. The highest BCUT2D eigenvalue weighted by Gasteiger charge is 2.53. The van der Waals surface area contributed by atoms with Crippen molar-refractivity contribution in [3.63, 3.8) is 0 Å². The van der Waals surface area contributed by atoms with Crippen molar-refractivity contribution in [2.24, 2.45) is 0 Å². The van der Waals surface area contributed by atoms with Crippen molar-refractivity contribution in [3.05, 3.63) is 109 Å². The summed E-state index contributed by atoms with van der Waals surface area (Å²) >= 11 is 0. The zero-order valence-electron chi connectivity index (χ0n) is 26.7. The average molecular weight is 588 g/mol. The van der Waals surface area contributed by atoms with Crippen LogP contribution >= 0.6 is 0 Å². The molecule has 0 radical (unpaired) electrons. The minimum atomic E-state index is -2.83. The fourth-order valence-electron chi connectivity index (χ4n) is 6.17. The first-order valence-corrected chi connectivity index (χ1v) is 17.3. The van der Waals surface area contributed by atoms with Gasteiger partial charge in [-0.15, -0.1) is 0 Å². The van der Waals surface area contributed by atoms with Crippen LogP contribution in [0.2, 0.25) is 0 Å². The summed E-state index contributed by atoms with van der Waals surface area (Å²) in [5.41, 5.74) is 0.386. The number of benzene rings is 4. The molecule has 4 nitrogen and oxygen atoms in total. The van der Waals surface area contributed by atoms with E-state index >= 15 is 0 Å². The highest BCUT2D eigenvalue weighted by molar-refractivity contribution is 7.20. The van der Waals surface area contributed by atoms with Gasteiger partial charge < -0.3 is 18.6 Å². The molecule has 0 saturated carbocycles. The topological polar surface area (TPSA) is 36.9 Å². The molecule has 0 unspecified atom stereocenters. The van der Waals surface area contributed by atoms with Crippen LogP contribution in [0.1, 0.15) is 55.4 Å². The molecule has 43 heavy (non-hydrogen) atoms. The maximum Gasteiger partial charge on any atom is 0.494 e. The highest BCUT2D eigenvalue weighted by Crippen LogP contribution is 2.37. The number of hydrogen-bond acceptors (Lipinski definition) is 4. The van der Waals surface area contributed by atoms with Crippen LogP contribution in [-0.2, 0) is 18.6 Å². The molecule has 0 atom stereocenters. The van der Waals surface area contributed by atoms with Crippen LogP contribution in [0.15, 0.2) is 109 Å². The van der Waals surface area contributed by atoms with Gasteiger partial charge in [0.2, 0.25) is 0 Å². The predicted molar refractivity (Wildman–Crippen MR) is 181 cm³/mol. The van der Waals surface area contributed by atoms with Crippen LogP contribution in [0.4, 0.5) is 0 Å². The number of rotatable bonds is 6. The first-order valence-electron chi connectivity index (χ1n) is 15.3. The first-order chi connectivity index (χ1) is 20.3. The van der Waals surface area contributed by atoms with Crippen LogP contribution in [0, 0.1) is 0 Å². The van der Waals surface area contributed by atoms with Gasteiger partial charge in [0.05, 0.1) is 22.4 Å². The molecule has 7 heteroatoms. The second kappa shape index (κ2) is 10.6. The van der Waals surface area contributed by atoms with E-state index in [2.05, 4.69) is 165 Å². The van der Waals surface area contributed by atoms with Crippen molar-refractivity contribution in [2.75, 3.05) is 0 Å². The highest BCUT2D eigenvalue weighted by atomic mass is 28.3. The summed E-state index contributed by atoms with van der Waals surface area (Å²) in [7, 11) is -3.72. The molecule has 6 rings (SSSR count). The van der Waals surface area contributed by atoms with E-state index < -0.39 is 44.7 Å². The summed E-state index contributed by atoms with van der Waals surface area (Å²) in [5.74, 6) is 0. The molecule has 2 aliphatic rings. The van der Waals surface area contributed by atoms with Crippen molar-refractivity contribution in [2.45, 2.75) is 77.8 Å². The molecular weight excluding hydrogens is 546 g/mol. The Morgan fingerprint density at radius 1 is 0.395 bits per heavy atom. The molecule has 2 heterocycles. The third-order valence-electron chi connectivity index (χ3n) is 10.1. The number of hydrogen-bond donors (Lipinski definition) is 0. The average Bonchev–Trinajstić information content (AvgIpc) is 3.34. The third-order valence-corrected chi connectivity index (χ3v) is 14.9. The lowest BCUT2D eigenvalue weighted by Gasteiger charge is -2.35. The van der Waals surface area contributed by atoms with Gasteiger partial charge in [0.25, 0.3) is 0 Å². The van der Waals surface area contributed by atoms with Gasteiger partial charge in [0, 0.05) is 0 Å². The Labute approximate surface area is 259 Å². The predicted octanol–water partition coefficient (Wildman–Crippen LogP) is 3.66. The van der Waals surface area contributed by atoms with Gasteiger partial charge in [-0.2, -0.15) is 0 Å². The van der Waals surface area contributed by atoms with Crippen molar-refractivity contribution >= 4 is 54.0 Å². The van der Waals surface area contributed by atoms with Crippen molar-refractivity contribution in [1.29, 1.82) is 0 Å². The molecule has 0 aliphatic carbocycles. The second-order valence-electron chi connectivity index (χ2n) is 13.9. The van der Waals surface area contributed by atoms with Crippen molar-refractivity contribution in [1.82, 2.24) is 0 Å². The third kappa shape index (κ3) is 5.05. The fourth-order valence-corrected chi connectivity index (χ4v) is 11.0. The van der Waals surface area contributed by atoms with E-state index in [9.17, 15) is 0 Å². The second-order valence-corrected chi connectivity index (χ2v) is 17.7. The molecule has 220 valence electrons. The molecule has 0 amide bonds. The van der Waals surface area contributed by atoms with Crippen molar-refractivity contribution < 1.29 is 18.6 Å². The summed E-state index contributed by atoms with van der Waals surface area (Å²) in [5, 5.41) is 5.14. The fraction of sp³-hybridized carbons (Fsp3) is 0.333. The Hall–Kier alpha value is -2.93. The van der Waals surface area contributed by atoms with Crippen molar-refractivity contribution in [3.8, 4) is 0 Å². The van der Waals surface area contributed by atoms with Crippen LogP contribution in [-0.4, -0.2) is 44.7 Å². The first kappa shape index (κ1) is 30.1. The van der Waals surface area contributed by atoms with Gasteiger partial charge >= 0.3 is 14.2 Å². The summed E-state index contributed by atoms with van der Waals surface area (Å²) in [4.78, 5) is 0. The van der Waals surface area contributed by atoms with Gasteiger partial charge in [-0.1, -0.05) is 109 Å². The quantitative estimate of drug-likeness (QED) is 0.255. The van der Waals surface area contributed by atoms with E-state index in [0.717, 1.165) is 10.9 Å². The zero-order valence-corrected chi connectivity index (χ0v) is 27.7. The minimum Gasteiger partial charge on any atom is -0.399 e. The molecule has 4 aromatic carbocycles. The molecular formula is C36H42B2O4Si. The summed E-state index contributed by atoms with van der Waals surface area (Å²) in [6.07, 6.45) is 0. The molecule has 4 aromatic rings. The summed E-state index contributed by atoms with van der Waals surface area (Å²) in [6.45, 7) is 16.8. The Bertz CT molecular complexity index is 1450. The smallest absolute Gasteiger partial charge is 0.399 e. The lowest BCUT2D eigenvalue weighted by atomic mass is 9.79. The maximum absolute atomic E-state index is 6.52. The van der Waals surface area contributed by atoms with E-state index in [1.165, 1.54) is 20.7 Å². The Morgan fingerprint density at radius 3 is 1.02 bits per heavy atom. The van der Waals surface area contributed by atoms with E-state index in [1.54, 1.807) is 0 Å². The van der Waals surface area contributed by atoms with E-state index in [0.29, 0.717) is 0 Å². The molecule has 2 fully saturated rings. The lowest BCUT2D eigenvalue weighted by Crippen LogP contribution is -2.75. The molecule has 0 N–H and O–H groups in total. The van der Waals surface area contributed by atoms with Crippen LogP contribution in [0.5, 0.6) is 0 Å². The molecule has 0 aromatic heterocycles. The van der Waals surface area contributed by atoms with Crippen LogP contribution < -0.4 is 31.7 Å². The minimum absolute atomic E-state index is 0.418. The largest absolute Gasteiger partial charge is 0.494 e. The maximum atomic E-state index is 6.52. The van der Waals surface area contributed by atoms with Gasteiger partial charge in [0.15, 0.2) is 8.07 Å². The van der Waals surface area contributed by atoms with Gasteiger partial charge in [-0.05, 0) is 87.1 Å². The molecule has 0 spiro atoms. The monoisotopic (exact) mass is 588 g/mol. The normalized spacial score (nSPS) is 20.4. The molecule has 2 saturated heterocycles. The SMILES string of the molecule is CC1(C)OB(c2cccc([Si](c3ccccc3)(c3ccccc3)c3cccc(B4OC(C)(C)C(C)(C)O4)c3)c2)OC1(C)C. The Morgan fingerprint density at radius 2 is 0.698 bits per heavy atom. The molecule has 0 bridgehead atoms. The Kier molecular flexibility index (Phi) is 7.42. The van der Waals surface area contributed by atoms with Crippen LogP contribution in [0.25, 0.3) is 0 Å². The van der Waals surface area contributed by atoms with E-state index in [-0.39, 0.29) is 0 Å². The van der Waals surface area contributed by atoms with Crippen LogP contribution in [0.3, 0.4) is 0 Å². The lowest BCUT2D eigenvalue weighted by molar-refractivity contribution is 0.00578.